The van der Waals surface area contributed by atoms with Gasteiger partial charge in [0.1, 0.15) is 11.5 Å². The first kappa shape index (κ1) is 35.7. The lowest BCUT2D eigenvalue weighted by molar-refractivity contribution is 0.438. The van der Waals surface area contributed by atoms with Crippen molar-refractivity contribution in [2.24, 2.45) is 0 Å². The molecule has 11 aromatic rings. The van der Waals surface area contributed by atoms with E-state index in [2.05, 4.69) is 193 Å². The smallest absolute Gasteiger partial charge is 0.161 e. The molecular weight excluding hydrogens is 799 g/mol. The van der Waals surface area contributed by atoms with Crippen molar-refractivity contribution in [3.63, 3.8) is 0 Å². The van der Waals surface area contributed by atoms with Crippen LogP contribution in [0.3, 0.4) is 0 Å². The van der Waals surface area contributed by atoms with Crippen LogP contribution in [-0.2, 0) is 5.41 Å². The van der Waals surface area contributed by atoms with Crippen molar-refractivity contribution in [1.82, 2.24) is 14.5 Å². The summed E-state index contributed by atoms with van der Waals surface area (Å²) >= 11 is 1.82. The average Bonchev–Trinajstić information content (AvgIpc) is 3.92. The number of nitrogens with zero attached hydrogens (tertiary/aromatic N) is 3. The number of thiophene rings is 1. The van der Waals surface area contributed by atoms with Gasteiger partial charge in [-0.15, -0.1) is 11.3 Å². The predicted octanol–water partition coefficient (Wildman–Crippen LogP) is 13.6. The number of benzene rings is 8. The standard InChI is InChI=1S/C59H37N3OS/c1-3-16-36(17-4-1)48-35-49(37-18-5-2-6-19-37)61-58(60-48)42-23-15-31-54-55(42)43-34-38(32-33-53(43)64-54)39-21-13-27-47-57(39)63-52-30-12-9-25-45(52)59(47)44-24-8-11-29-51(44)62-50-28-10-7-20-40(50)41-22-14-26-46(59)56(41)62/h1-13,15-25,27-35H,14,26H2. The van der Waals surface area contributed by atoms with Gasteiger partial charge >= 0.3 is 0 Å². The molecule has 0 saturated heterocycles. The summed E-state index contributed by atoms with van der Waals surface area (Å²) < 4.78 is 12.2. The fourth-order valence-corrected chi connectivity index (χ4v) is 12.3. The maximum Gasteiger partial charge on any atom is 0.161 e. The summed E-state index contributed by atoms with van der Waals surface area (Å²) in [7, 11) is 0. The molecule has 3 aromatic heterocycles. The van der Waals surface area contributed by atoms with Crippen molar-refractivity contribution < 1.29 is 4.74 Å². The lowest BCUT2D eigenvalue weighted by Gasteiger charge is -2.46. The molecule has 8 aromatic carbocycles. The lowest BCUT2D eigenvalue weighted by Crippen LogP contribution is -2.47. The average molecular weight is 836 g/mol. The zero-order chi connectivity index (χ0) is 41.9. The number of rotatable bonds is 4. The summed E-state index contributed by atoms with van der Waals surface area (Å²) in [4.78, 5) is 10.6. The summed E-state index contributed by atoms with van der Waals surface area (Å²) in [5.74, 6) is 2.53. The quantitative estimate of drug-likeness (QED) is 0.177. The van der Waals surface area contributed by atoms with Crippen molar-refractivity contribution in [2.45, 2.75) is 18.3 Å². The molecule has 0 saturated carbocycles. The van der Waals surface area contributed by atoms with Crippen LogP contribution >= 0.6 is 11.3 Å². The van der Waals surface area contributed by atoms with E-state index in [1.165, 1.54) is 64.2 Å². The van der Waals surface area contributed by atoms with Gasteiger partial charge in [0.15, 0.2) is 5.82 Å². The Morgan fingerprint density at radius 2 is 1.22 bits per heavy atom. The van der Waals surface area contributed by atoms with Crippen molar-refractivity contribution in [3.8, 4) is 62.2 Å². The van der Waals surface area contributed by atoms with E-state index in [-0.39, 0.29) is 0 Å². The third kappa shape index (κ3) is 4.93. The largest absolute Gasteiger partial charge is 0.456 e. The lowest BCUT2D eigenvalue weighted by atomic mass is 9.60. The van der Waals surface area contributed by atoms with Gasteiger partial charge in [-0.3, -0.25) is 0 Å². The number of hydrogen-bond acceptors (Lipinski definition) is 4. The van der Waals surface area contributed by atoms with Gasteiger partial charge in [0, 0.05) is 64.2 Å². The molecule has 5 heteroatoms. The SMILES string of the molecule is C1=c2c3n(c4ccccc24)-c2ccccc2C2(C=3CC1)c1ccccc1Oc1c(-c3ccc4sc5cccc(-c6nc(-c7ccccc7)cc(-c7ccccc7)n6)c5c4c3)cccc12. The summed E-state index contributed by atoms with van der Waals surface area (Å²) in [6.45, 7) is 0. The summed E-state index contributed by atoms with van der Waals surface area (Å²) in [6, 6.07) is 70.0. The van der Waals surface area contributed by atoms with Crippen LogP contribution in [0.15, 0.2) is 194 Å². The van der Waals surface area contributed by atoms with E-state index < -0.39 is 5.41 Å². The molecule has 1 atom stereocenters. The Morgan fingerprint density at radius 3 is 2.05 bits per heavy atom. The topological polar surface area (TPSA) is 39.9 Å². The number of hydrogen-bond donors (Lipinski definition) is 0. The van der Waals surface area contributed by atoms with Crippen molar-refractivity contribution in [3.05, 3.63) is 221 Å². The second-order valence-electron chi connectivity index (χ2n) is 17.1. The maximum atomic E-state index is 7.23. The molecule has 0 amide bonds. The molecule has 1 aliphatic carbocycles. The number of ether oxygens (including phenoxy) is 1. The molecule has 1 unspecified atom stereocenters. The minimum absolute atomic E-state index is 0.561. The van der Waals surface area contributed by atoms with Gasteiger partial charge in [-0.25, -0.2) is 9.97 Å². The van der Waals surface area contributed by atoms with Crippen molar-refractivity contribution >= 4 is 54.1 Å². The van der Waals surface area contributed by atoms with Crippen LogP contribution in [0.2, 0.25) is 0 Å². The highest BCUT2D eigenvalue weighted by molar-refractivity contribution is 7.26. The van der Waals surface area contributed by atoms with Crippen LogP contribution in [-0.4, -0.2) is 14.5 Å². The van der Waals surface area contributed by atoms with Crippen LogP contribution in [0.5, 0.6) is 11.5 Å². The number of para-hydroxylation sites is 4. The molecular formula is C59H37N3OS. The summed E-state index contributed by atoms with van der Waals surface area (Å²) in [5, 5.41) is 6.32. The highest BCUT2D eigenvalue weighted by atomic mass is 32.1. The number of fused-ring (bicyclic) bond motifs is 14. The Kier molecular flexibility index (Phi) is 7.57. The third-order valence-corrected chi connectivity index (χ3v) is 14.9. The fourth-order valence-electron chi connectivity index (χ4n) is 11.2. The fraction of sp³-hybridized carbons (Fsp3) is 0.0508. The van der Waals surface area contributed by atoms with Gasteiger partial charge in [0.2, 0.25) is 0 Å². The first-order valence-electron chi connectivity index (χ1n) is 22.0. The predicted molar refractivity (Wildman–Crippen MR) is 263 cm³/mol. The molecule has 2 aliphatic heterocycles. The molecule has 0 radical (unpaired) electrons. The first-order chi connectivity index (χ1) is 31.7. The molecule has 5 heterocycles. The Hall–Kier alpha value is -7.86. The van der Waals surface area contributed by atoms with Gasteiger partial charge in [-0.1, -0.05) is 158 Å². The molecule has 0 fully saturated rings. The molecule has 3 aliphatic rings. The Bertz CT molecular complexity index is 3830. The van der Waals surface area contributed by atoms with Crippen LogP contribution < -0.4 is 15.3 Å². The van der Waals surface area contributed by atoms with Crippen molar-refractivity contribution in [1.29, 1.82) is 0 Å². The highest BCUT2D eigenvalue weighted by Gasteiger charge is 2.51. The van der Waals surface area contributed by atoms with E-state index >= 15 is 0 Å². The van der Waals surface area contributed by atoms with Crippen LogP contribution in [0, 0.1) is 0 Å². The third-order valence-electron chi connectivity index (χ3n) is 13.8. The monoisotopic (exact) mass is 835 g/mol. The van der Waals surface area contributed by atoms with E-state index in [4.69, 9.17) is 14.7 Å². The molecule has 0 bridgehead atoms. The van der Waals surface area contributed by atoms with Gasteiger partial charge in [0.25, 0.3) is 0 Å². The van der Waals surface area contributed by atoms with E-state index in [0.29, 0.717) is 5.82 Å². The zero-order valence-corrected chi connectivity index (χ0v) is 35.4. The maximum absolute atomic E-state index is 7.23. The van der Waals surface area contributed by atoms with E-state index in [1.807, 2.05) is 23.5 Å². The highest BCUT2D eigenvalue weighted by Crippen LogP contribution is 2.60. The molecule has 300 valence electrons. The second-order valence-corrected chi connectivity index (χ2v) is 18.2. The zero-order valence-electron chi connectivity index (χ0n) is 34.6. The van der Waals surface area contributed by atoms with E-state index in [0.717, 1.165) is 68.9 Å². The van der Waals surface area contributed by atoms with Gasteiger partial charge in [0.05, 0.1) is 33.4 Å². The van der Waals surface area contributed by atoms with E-state index in [1.54, 1.807) is 0 Å². The molecule has 1 spiro atoms. The Morgan fingerprint density at radius 1 is 0.531 bits per heavy atom. The molecule has 4 nitrogen and oxygen atoms in total. The molecule has 0 N–H and O–H groups in total. The Labute approximate surface area is 373 Å². The van der Waals surface area contributed by atoms with Crippen LogP contribution in [0.4, 0.5) is 0 Å². The van der Waals surface area contributed by atoms with Crippen molar-refractivity contribution in [2.75, 3.05) is 0 Å². The summed E-state index contributed by atoms with van der Waals surface area (Å²) in [5.41, 5.74) is 14.1. The normalized spacial score (nSPS) is 15.7. The summed E-state index contributed by atoms with van der Waals surface area (Å²) in [6.07, 6.45) is 4.39. The Balaban J connectivity index is 1.02. The minimum atomic E-state index is -0.561. The van der Waals surface area contributed by atoms with E-state index in [9.17, 15) is 0 Å². The van der Waals surface area contributed by atoms with Crippen LogP contribution in [0.25, 0.3) is 93.4 Å². The van der Waals surface area contributed by atoms with Crippen LogP contribution in [0.1, 0.15) is 29.5 Å². The number of aromatic nitrogens is 3. The first-order valence-corrected chi connectivity index (χ1v) is 22.9. The minimum Gasteiger partial charge on any atom is -0.456 e. The molecule has 64 heavy (non-hydrogen) atoms. The second kappa shape index (κ2) is 13.6. The van der Waals surface area contributed by atoms with Gasteiger partial charge < -0.3 is 9.30 Å². The molecule has 14 rings (SSSR count). The van der Waals surface area contributed by atoms with Gasteiger partial charge in [-0.05, 0) is 72.0 Å². The van der Waals surface area contributed by atoms with Gasteiger partial charge in [-0.2, -0.15) is 0 Å².